The fourth-order valence-corrected chi connectivity index (χ4v) is 2.89. The lowest BCUT2D eigenvalue weighted by Crippen LogP contribution is -2.16. The van der Waals surface area contributed by atoms with E-state index in [1.54, 1.807) is 12.1 Å². The van der Waals surface area contributed by atoms with Gasteiger partial charge in [-0.1, -0.05) is 23.7 Å². The summed E-state index contributed by atoms with van der Waals surface area (Å²) in [6.07, 6.45) is 0.998. The first-order chi connectivity index (χ1) is 10.8. The molecule has 0 atom stereocenters. The summed E-state index contributed by atoms with van der Waals surface area (Å²) in [6.45, 7) is -0.488. The molecule has 0 bridgehead atoms. The predicted octanol–water partition coefficient (Wildman–Crippen LogP) is 2.78. The van der Waals surface area contributed by atoms with Crippen LogP contribution in [0.25, 0.3) is 0 Å². The van der Waals surface area contributed by atoms with Crippen LogP contribution >= 0.6 is 11.6 Å². The van der Waals surface area contributed by atoms with Gasteiger partial charge in [-0.15, -0.1) is 0 Å². The van der Waals surface area contributed by atoms with E-state index in [0.29, 0.717) is 10.6 Å². The smallest absolute Gasteiger partial charge is 0.339 e. The minimum absolute atomic E-state index is 0.0982. The second-order valence-corrected chi connectivity index (χ2v) is 7.20. The van der Waals surface area contributed by atoms with E-state index < -0.39 is 28.2 Å². The van der Waals surface area contributed by atoms with E-state index in [1.165, 1.54) is 36.4 Å². The van der Waals surface area contributed by atoms with Crippen molar-refractivity contribution in [3.63, 3.8) is 0 Å². The summed E-state index contributed by atoms with van der Waals surface area (Å²) in [5.74, 6) is -1.28. The lowest BCUT2D eigenvalue weighted by Gasteiger charge is -2.08. The Morgan fingerprint density at radius 1 is 1.04 bits per heavy atom. The lowest BCUT2D eigenvalue weighted by molar-refractivity contribution is 0.0471. The zero-order valence-corrected chi connectivity index (χ0v) is 13.7. The van der Waals surface area contributed by atoms with Crippen LogP contribution in [0.15, 0.2) is 53.4 Å². The highest BCUT2D eigenvalue weighted by molar-refractivity contribution is 7.90. The van der Waals surface area contributed by atoms with Gasteiger partial charge in [0, 0.05) is 16.8 Å². The quantitative estimate of drug-likeness (QED) is 0.610. The van der Waals surface area contributed by atoms with E-state index >= 15 is 0 Å². The average Bonchev–Trinajstić information content (AvgIpc) is 2.52. The first-order valence-electron chi connectivity index (χ1n) is 6.54. The molecule has 0 aliphatic rings. The number of hydrogen-bond donors (Lipinski definition) is 0. The van der Waals surface area contributed by atoms with Crippen molar-refractivity contribution in [2.75, 3.05) is 12.9 Å². The fourth-order valence-electron chi connectivity index (χ4n) is 1.89. The Balaban J connectivity index is 2.12. The number of carbonyl (C=O) groups is 2. The molecule has 0 aliphatic heterocycles. The van der Waals surface area contributed by atoms with Crippen LogP contribution in [-0.4, -0.2) is 33.0 Å². The molecular weight excluding hydrogens is 340 g/mol. The molecular formula is C16H13ClO5S. The largest absolute Gasteiger partial charge is 0.454 e. The van der Waals surface area contributed by atoms with Gasteiger partial charge >= 0.3 is 5.97 Å². The van der Waals surface area contributed by atoms with Gasteiger partial charge in [0.25, 0.3) is 0 Å². The van der Waals surface area contributed by atoms with Crippen LogP contribution in [0.4, 0.5) is 0 Å². The Morgan fingerprint density at radius 2 is 1.65 bits per heavy atom. The summed E-state index contributed by atoms with van der Waals surface area (Å²) in [5.41, 5.74) is 0.248. The first-order valence-corrected chi connectivity index (χ1v) is 8.81. The van der Waals surface area contributed by atoms with Crippen LogP contribution < -0.4 is 0 Å². The van der Waals surface area contributed by atoms with Gasteiger partial charge in [0.2, 0.25) is 0 Å². The summed E-state index contributed by atoms with van der Waals surface area (Å²) < 4.78 is 28.2. The van der Waals surface area contributed by atoms with Crippen LogP contribution in [-0.2, 0) is 14.6 Å². The number of Topliss-reactive ketones (excluding diaryl/α,β-unsaturated/α-hetero) is 1. The minimum Gasteiger partial charge on any atom is -0.454 e. The Kier molecular flexibility index (Phi) is 5.18. The number of rotatable bonds is 5. The lowest BCUT2D eigenvalue weighted by atomic mass is 10.1. The van der Waals surface area contributed by atoms with Gasteiger partial charge in [-0.25, -0.2) is 13.2 Å². The summed E-state index contributed by atoms with van der Waals surface area (Å²) in [5, 5.41) is 0.487. The Bertz CT molecular complexity index is 841. The van der Waals surface area contributed by atoms with Crippen LogP contribution in [0.5, 0.6) is 0 Å². The van der Waals surface area contributed by atoms with Crippen molar-refractivity contribution in [1.82, 2.24) is 0 Å². The molecule has 0 aliphatic carbocycles. The van der Waals surface area contributed by atoms with E-state index in [-0.39, 0.29) is 10.5 Å². The standard InChI is InChI=1S/C16H13ClO5S/c1-23(20,21)15-5-3-2-4-13(15)16(19)22-10-14(18)11-6-8-12(17)9-7-11/h2-9H,10H2,1H3. The van der Waals surface area contributed by atoms with Gasteiger partial charge in [0.1, 0.15) is 0 Å². The zero-order valence-electron chi connectivity index (χ0n) is 12.2. The number of carbonyl (C=O) groups excluding carboxylic acids is 2. The normalized spacial score (nSPS) is 11.0. The molecule has 0 unspecified atom stereocenters. The summed E-state index contributed by atoms with van der Waals surface area (Å²) in [7, 11) is -3.57. The maximum Gasteiger partial charge on any atom is 0.339 e. The monoisotopic (exact) mass is 352 g/mol. The zero-order chi connectivity index (χ0) is 17.0. The van der Waals surface area contributed by atoms with Gasteiger partial charge in [0.15, 0.2) is 22.2 Å². The Labute approximate surface area is 138 Å². The molecule has 2 aromatic carbocycles. The van der Waals surface area contributed by atoms with Gasteiger partial charge in [-0.05, 0) is 36.4 Å². The molecule has 120 valence electrons. The van der Waals surface area contributed by atoms with Gasteiger partial charge in [-0.2, -0.15) is 0 Å². The molecule has 2 rings (SSSR count). The van der Waals surface area contributed by atoms with Crippen molar-refractivity contribution in [3.05, 3.63) is 64.7 Å². The van der Waals surface area contributed by atoms with Gasteiger partial charge in [-0.3, -0.25) is 4.79 Å². The van der Waals surface area contributed by atoms with Crippen molar-refractivity contribution >= 4 is 33.2 Å². The maximum atomic E-state index is 12.0. The number of ketones is 1. The number of halogens is 1. The van der Waals surface area contributed by atoms with E-state index in [0.717, 1.165) is 6.26 Å². The second kappa shape index (κ2) is 6.93. The molecule has 0 spiro atoms. The third-order valence-corrected chi connectivity index (χ3v) is 4.41. The minimum atomic E-state index is -3.57. The third-order valence-electron chi connectivity index (χ3n) is 3.01. The van der Waals surface area contributed by atoms with Crippen molar-refractivity contribution in [1.29, 1.82) is 0 Å². The molecule has 0 fully saturated rings. The predicted molar refractivity (Wildman–Crippen MR) is 85.6 cm³/mol. The van der Waals surface area contributed by atoms with Crippen molar-refractivity contribution < 1.29 is 22.7 Å². The SMILES string of the molecule is CS(=O)(=O)c1ccccc1C(=O)OCC(=O)c1ccc(Cl)cc1. The summed E-state index contributed by atoms with van der Waals surface area (Å²) in [4.78, 5) is 23.8. The van der Waals surface area contributed by atoms with E-state index in [2.05, 4.69) is 0 Å². The number of benzene rings is 2. The number of sulfone groups is 1. The average molecular weight is 353 g/mol. The first kappa shape index (κ1) is 17.2. The number of ether oxygens (including phenoxy) is 1. The fraction of sp³-hybridized carbons (Fsp3) is 0.125. The molecule has 2 aromatic rings. The molecule has 0 saturated carbocycles. The Hall–Kier alpha value is -2.18. The molecule has 23 heavy (non-hydrogen) atoms. The molecule has 0 aromatic heterocycles. The molecule has 0 N–H and O–H groups in total. The molecule has 0 saturated heterocycles. The second-order valence-electron chi connectivity index (χ2n) is 4.77. The van der Waals surface area contributed by atoms with E-state index in [1.807, 2.05) is 0 Å². The highest BCUT2D eigenvalue weighted by Gasteiger charge is 2.20. The van der Waals surface area contributed by atoms with Crippen LogP contribution in [0, 0.1) is 0 Å². The van der Waals surface area contributed by atoms with Gasteiger partial charge < -0.3 is 4.74 Å². The molecule has 5 nitrogen and oxygen atoms in total. The number of esters is 1. The molecule has 0 amide bonds. The summed E-state index contributed by atoms with van der Waals surface area (Å²) >= 11 is 5.73. The van der Waals surface area contributed by atoms with Crippen molar-refractivity contribution in [2.24, 2.45) is 0 Å². The van der Waals surface area contributed by atoms with Crippen LogP contribution in [0.1, 0.15) is 20.7 Å². The topological polar surface area (TPSA) is 77.5 Å². The van der Waals surface area contributed by atoms with Crippen LogP contribution in [0.2, 0.25) is 5.02 Å². The van der Waals surface area contributed by atoms with E-state index in [4.69, 9.17) is 16.3 Å². The van der Waals surface area contributed by atoms with E-state index in [9.17, 15) is 18.0 Å². The Morgan fingerprint density at radius 3 is 2.26 bits per heavy atom. The van der Waals surface area contributed by atoms with Crippen LogP contribution in [0.3, 0.4) is 0 Å². The molecule has 0 heterocycles. The third kappa shape index (κ3) is 4.40. The highest BCUT2D eigenvalue weighted by atomic mass is 35.5. The number of hydrogen-bond acceptors (Lipinski definition) is 5. The van der Waals surface area contributed by atoms with Crippen molar-refractivity contribution in [3.8, 4) is 0 Å². The van der Waals surface area contributed by atoms with Crippen molar-refractivity contribution in [2.45, 2.75) is 4.90 Å². The highest BCUT2D eigenvalue weighted by Crippen LogP contribution is 2.16. The summed E-state index contributed by atoms with van der Waals surface area (Å²) in [6, 6.07) is 11.8. The molecule has 0 radical (unpaired) electrons. The van der Waals surface area contributed by atoms with Gasteiger partial charge in [0.05, 0.1) is 10.5 Å². The molecule has 7 heteroatoms. The maximum absolute atomic E-state index is 12.0.